The van der Waals surface area contributed by atoms with Crippen LogP contribution in [0.5, 0.6) is 0 Å². The van der Waals surface area contributed by atoms with Crippen molar-refractivity contribution in [2.45, 2.75) is 52.9 Å². The van der Waals surface area contributed by atoms with Crippen LogP contribution in [0.15, 0.2) is 0 Å². The van der Waals surface area contributed by atoms with Gasteiger partial charge in [-0.2, -0.15) is 0 Å². The third-order valence-corrected chi connectivity index (χ3v) is 3.12. The SMILES string of the molecule is CC(C)CCC1CC(C)CCC1=O. The van der Waals surface area contributed by atoms with Crippen molar-refractivity contribution in [3.8, 4) is 0 Å². The lowest BCUT2D eigenvalue weighted by atomic mass is 9.78. The molecule has 1 aliphatic rings. The molecule has 0 spiro atoms. The van der Waals surface area contributed by atoms with Crippen molar-refractivity contribution in [3.05, 3.63) is 0 Å². The molecule has 2 unspecified atom stereocenters. The van der Waals surface area contributed by atoms with Crippen molar-refractivity contribution >= 4 is 5.78 Å². The molecule has 0 aromatic rings. The monoisotopic (exact) mass is 182 g/mol. The highest BCUT2D eigenvalue weighted by Crippen LogP contribution is 2.29. The fourth-order valence-electron chi connectivity index (χ4n) is 2.14. The summed E-state index contributed by atoms with van der Waals surface area (Å²) in [6, 6.07) is 0. The van der Waals surface area contributed by atoms with Crippen LogP contribution in [0.1, 0.15) is 52.9 Å². The van der Waals surface area contributed by atoms with Crippen molar-refractivity contribution in [2.75, 3.05) is 0 Å². The molecule has 0 aromatic heterocycles. The van der Waals surface area contributed by atoms with Crippen LogP contribution in [-0.2, 0) is 4.79 Å². The van der Waals surface area contributed by atoms with Crippen molar-refractivity contribution in [1.82, 2.24) is 0 Å². The second-order valence-electron chi connectivity index (χ2n) is 5.01. The van der Waals surface area contributed by atoms with Crippen LogP contribution in [0.3, 0.4) is 0 Å². The van der Waals surface area contributed by atoms with E-state index in [2.05, 4.69) is 20.8 Å². The average Bonchev–Trinajstić information content (AvgIpc) is 2.06. The van der Waals surface area contributed by atoms with E-state index in [1.165, 1.54) is 6.42 Å². The lowest BCUT2D eigenvalue weighted by Crippen LogP contribution is -2.23. The Morgan fingerprint density at radius 1 is 1.46 bits per heavy atom. The van der Waals surface area contributed by atoms with E-state index in [0.717, 1.165) is 37.5 Å². The van der Waals surface area contributed by atoms with Crippen LogP contribution < -0.4 is 0 Å². The first-order valence-corrected chi connectivity index (χ1v) is 5.62. The Balaban J connectivity index is 2.33. The zero-order valence-electron chi connectivity index (χ0n) is 9.18. The summed E-state index contributed by atoms with van der Waals surface area (Å²) >= 11 is 0. The molecule has 2 atom stereocenters. The first-order valence-electron chi connectivity index (χ1n) is 5.62. The summed E-state index contributed by atoms with van der Waals surface area (Å²) in [4.78, 5) is 11.6. The highest BCUT2D eigenvalue weighted by Gasteiger charge is 2.25. The van der Waals surface area contributed by atoms with E-state index in [4.69, 9.17) is 0 Å². The quantitative estimate of drug-likeness (QED) is 0.653. The van der Waals surface area contributed by atoms with Crippen molar-refractivity contribution in [3.63, 3.8) is 0 Å². The van der Waals surface area contributed by atoms with Gasteiger partial charge in [0.1, 0.15) is 5.78 Å². The highest BCUT2D eigenvalue weighted by atomic mass is 16.1. The lowest BCUT2D eigenvalue weighted by molar-refractivity contribution is -0.125. The van der Waals surface area contributed by atoms with Crippen molar-refractivity contribution in [1.29, 1.82) is 0 Å². The van der Waals surface area contributed by atoms with Crippen LogP contribution in [0.2, 0.25) is 0 Å². The van der Waals surface area contributed by atoms with Gasteiger partial charge in [0.05, 0.1) is 0 Å². The van der Waals surface area contributed by atoms with Gasteiger partial charge in [0.25, 0.3) is 0 Å². The van der Waals surface area contributed by atoms with E-state index in [1.807, 2.05) is 0 Å². The maximum Gasteiger partial charge on any atom is 0.135 e. The predicted octanol–water partition coefficient (Wildman–Crippen LogP) is 3.43. The molecule has 76 valence electrons. The van der Waals surface area contributed by atoms with Gasteiger partial charge in [-0.25, -0.2) is 0 Å². The predicted molar refractivity (Wildman–Crippen MR) is 55.6 cm³/mol. The first-order chi connectivity index (χ1) is 6.09. The minimum atomic E-state index is 0.395. The normalized spacial score (nSPS) is 29.7. The number of carbonyl (C=O) groups is 1. The van der Waals surface area contributed by atoms with Gasteiger partial charge in [-0.1, -0.05) is 27.2 Å². The molecule has 1 nitrogen and oxygen atoms in total. The number of hydrogen-bond acceptors (Lipinski definition) is 1. The molecule has 1 rings (SSSR count). The molecule has 13 heavy (non-hydrogen) atoms. The molecule has 1 fully saturated rings. The van der Waals surface area contributed by atoms with Gasteiger partial charge in [-0.3, -0.25) is 4.79 Å². The molecule has 0 aromatic carbocycles. The van der Waals surface area contributed by atoms with Gasteiger partial charge >= 0.3 is 0 Å². The zero-order valence-corrected chi connectivity index (χ0v) is 9.18. The molecular weight excluding hydrogens is 160 g/mol. The Kier molecular flexibility index (Phi) is 3.95. The molecule has 0 amide bonds. The third-order valence-electron chi connectivity index (χ3n) is 3.12. The summed E-state index contributed by atoms with van der Waals surface area (Å²) in [7, 11) is 0. The molecule has 1 aliphatic carbocycles. The lowest BCUT2D eigenvalue weighted by Gasteiger charge is -2.25. The minimum Gasteiger partial charge on any atom is -0.299 e. The summed E-state index contributed by atoms with van der Waals surface area (Å²) < 4.78 is 0. The van der Waals surface area contributed by atoms with E-state index < -0.39 is 0 Å². The Bertz CT molecular complexity index is 172. The van der Waals surface area contributed by atoms with Gasteiger partial charge < -0.3 is 0 Å². The van der Waals surface area contributed by atoms with Crippen LogP contribution in [-0.4, -0.2) is 5.78 Å². The molecule has 0 saturated heterocycles. The molecule has 0 N–H and O–H groups in total. The molecule has 0 aliphatic heterocycles. The standard InChI is InChI=1S/C12H22O/c1-9(2)4-6-11-8-10(3)5-7-12(11)13/h9-11H,4-8H2,1-3H3. The second kappa shape index (κ2) is 4.78. The van der Waals surface area contributed by atoms with E-state index in [-0.39, 0.29) is 0 Å². The summed E-state index contributed by atoms with van der Waals surface area (Å²) in [5, 5.41) is 0. The number of rotatable bonds is 3. The topological polar surface area (TPSA) is 17.1 Å². The number of hydrogen-bond donors (Lipinski definition) is 0. The maximum atomic E-state index is 11.6. The van der Waals surface area contributed by atoms with Crippen molar-refractivity contribution < 1.29 is 4.79 Å². The van der Waals surface area contributed by atoms with Crippen molar-refractivity contribution in [2.24, 2.45) is 17.8 Å². The summed E-state index contributed by atoms with van der Waals surface area (Å²) in [5.74, 6) is 2.43. The number of carbonyl (C=O) groups excluding carboxylic acids is 1. The molecule has 1 saturated carbocycles. The van der Waals surface area contributed by atoms with E-state index in [1.54, 1.807) is 0 Å². The Morgan fingerprint density at radius 3 is 2.77 bits per heavy atom. The molecule has 0 radical (unpaired) electrons. The zero-order chi connectivity index (χ0) is 9.84. The van der Waals surface area contributed by atoms with Gasteiger partial charge in [-0.05, 0) is 31.1 Å². The highest BCUT2D eigenvalue weighted by molar-refractivity contribution is 5.81. The smallest absolute Gasteiger partial charge is 0.135 e. The van der Waals surface area contributed by atoms with Crippen LogP contribution in [0.4, 0.5) is 0 Å². The molecule has 0 bridgehead atoms. The minimum absolute atomic E-state index is 0.395. The second-order valence-corrected chi connectivity index (χ2v) is 5.01. The third kappa shape index (κ3) is 3.50. The number of ketones is 1. The molecule has 0 heterocycles. The molecule has 1 heteroatoms. The molecular formula is C12H22O. The van der Waals surface area contributed by atoms with Gasteiger partial charge in [0.2, 0.25) is 0 Å². The van der Waals surface area contributed by atoms with Gasteiger partial charge in [0.15, 0.2) is 0 Å². The van der Waals surface area contributed by atoms with Gasteiger partial charge in [-0.15, -0.1) is 0 Å². The summed E-state index contributed by atoms with van der Waals surface area (Å²) in [6.07, 6.45) is 5.44. The van der Waals surface area contributed by atoms with Crippen LogP contribution >= 0.6 is 0 Å². The fraction of sp³-hybridized carbons (Fsp3) is 0.917. The average molecular weight is 182 g/mol. The Hall–Kier alpha value is -0.330. The van der Waals surface area contributed by atoms with Crippen LogP contribution in [0, 0.1) is 17.8 Å². The fourth-order valence-corrected chi connectivity index (χ4v) is 2.14. The van der Waals surface area contributed by atoms with E-state index in [9.17, 15) is 4.79 Å². The Labute approximate surface area is 81.9 Å². The van der Waals surface area contributed by atoms with E-state index >= 15 is 0 Å². The summed E-state index contributed by atoms with van der Waals surface area (Å²) in [5.41, 5.74) is 0. The summed E-state index contributed by atoms with van der Waals surface area (Å²) in [6.45, 7) is 6.74. The largest absolute Gasteiger partial charge is 0.299 e. The number of Topliss-reactive ketones (excluding diaryl/α,β-unsaturated/α-hetero) is 1. The van der Waals surface area contributed by atoms with E-state index in [0.29, 0.717) is 11.7 Å². The first kappa shape index (κ1) is 10.7. The Morgan fingerprint density at radius 2 is 2.15 bits per heavy atom. The van der Waals surface area contributed by atoms with Crippen LogP contribution in [0.25, 0.3) is 0 Å². The van der Waals surface area contributed by atoms with Gasteiger partial charge in [0, 0.05) is 12.3 Å². The maximum absolute atomic E-state index is 11.6.